The first-order valence-electron chi connectivity index (χ1n) is 5.71. The second-order valence-corrected chi connectivity index (χ2v) is 4.81. The molecular formula is C12H12ClNO4. The summed E-state index contributed by atoms with van der Waals surface area (Å²) in [7, 11) is 0. The van der Waals surface area contributed by atoms with Gasteiger partial charge in [-0.05, 0) is 18.1 Å². The molecule has 1 saturated heterocycles. The number of carboxylic acids is 1. The van der Waals surface area contributed by atoms with Gasteiger partial charge >= 0.3 is 5.97 Å². The standard InChI is InChI=1S/C12H12ClNO4/c13-10-7(1-2-9-11(10)18-5-17-9)8-3-6(4-14-8)12(15)16/h1-2,6,8,14H,3-5H2,(H,15,16). The van der Waals surface area contributed by atoms with Crippen molar-refractivity contribution in [3.05, 3.63) is 22.7 Å². The monoisotopic (exact) mass is 269 g/mol. The molecule has 2 N–H and O–H groups in total. The maximum atomic E-state index is 10.9. The first kappa shape index (κ1) is 11.6. The van der Waals surface area contributed by atoms with Crippen LogP contribution in [0.15, 0.2) is 12.1 Å². The average molecular weight is 270 g/mol. The zero-order chi connectivity index (χ0) is 12.7. The molecule has 96 valence electrons. The summed E-state index contributed by atoms with van der Waals surface area (Å²) in [5, 5.41) is 12.7. The SMILES string of the molecule is O=C(O)C1CNC(c2ccc3c(c2Cl)OCO3)C1. The van der Waals surface area contributed by atoms with E-state index in [9.17, 15) is 4.79 Å². The minimum Gasteiger partial charge on any atom is -0.481 e. The highest BCUT2D eigenvalue weighted by molar-refractivity contribution is 6.33. The van der Waals surface area contributed by atoms with E-state index in [1.54, 1.807) is 6.07 Å². The van der Waals surface area contributed by atoms with Gasteiger partial charge in [0, 0.05) is 12.6 Å². The van der Waals surface area contributed by atoms with Crippen molar-refractivity contribution in [3.63, 3.8) is 0 Å². The van der Waals surface area contributed by atoms with Gasteiger partial charge in [0.2, 0.25) is 6.79 Å². The number of fused-ring (bicyclic) bond motifs is 1. The largest absolute Gasteiger partial charge is 0.481 e. The van der Waals surface area contributed by atoms with Crippen LogP contribution >= 0.6 is 11.6 Å². The van der Waals surface area contributed by atoms with Crippen molar-refractivity contribution < 1.29 is 19.4 Å². The van der Waals surface area contributed by atoms with Crippen molar-refractivity contribution in [3.8, 4) is 11.5 Å². The molecule has 2 aliphatic rings. The molecule has 3 rings (SSSR count). The van der Waals surface area contributed by atoms with Crippen LogP contribution in [0.2, 0.25) is 5.02 Å². The van der Waals surface area contributed by atoms with Gasteiger partial charge < -0.3 is 19.9 Å². The van der Waals surface area contributed by atoms with E-state index >= 15 is 0 Å². The number of hydrogen-bond acceptors (Lipinski definition) is 4. The molecule has 18 heavy (non-hydrogen) atoms. The van der Waals surface area contributed by atoms with Gasteiger partial charge in [-0.15, -0.1) is 0 Å². The molecule has 1 aromatic carbocycles. The predicted molar refractivity (Wildman–Crippen MR) is 64.1 cm³/mol. The van der Waals surface area contributed by atoms with E-state index in [0.29, 0.717) is 29.5 Å². The van der Waals surface area contributed by atoms with Crippen LogP contribution in [0.25, 0.3) is 0 Å². The Labute approximate surface area is 109 Å². The van der Waals surface area contributed by atoms with E-state index in [0.717, 1.165) is 5.56 Å². The third-order valence-corrected chi connectivity index (χ3v) is 3.75. The number of hydrogen-bond donors (Lipinski definition) is 2. The van der Waals surface area contributed by atoms with E-state index < -0.39 is 5.97 Å². The van der Waals surface area contributed by atoms with Gasteiger partial charge in [0.25, 0.3) is 0 Å². The number of nitrogens with one attached hydrogen (secondary N) is 1. The Morgan fingerprint density at radius 1 is 1.44 bits per heavy atom. The Morgan fingerprint density at radius 2 is 2.28 bits per heavy atom. The fourth-order valence-corrected chi connectivity index (χ4v) is 2.73. The highest BCUT2D eigenvalue weighted by atomic mass is 35.5. The molecule has 5 nitrogen and oxygen atoms in total. The highest BCUT2D eigenvalue weighted by Crippen LogP contribution is 2.44. The molecule has 0 aromatic heterocycles. The van der Waals surface area contributed by atoms with Crippen molar-refractivity contribution in [2.45, 2.75) is 12.5 Å². The predicted octanol–water partition coefficient (Wildman–Crippen LogP) is 1.80. The van der Waals surface area contributed by atoms with Crippen LogP contribution in [0.1, 0.15) is 18.0 Å². The molecule has 0 radical (unpaired) electrons. The lowest BCUT2D eigenvalue weighted by Crippen LogP contribution is -2.17. The summed E-state index contributed by atoms with van der Waals surface area (Å²) >= 11 is 6.27. The normalized spacial score (nSPS) is 25.4. The molecule has 0 bridgehead atoms. The van der Waals surface area contributed by atoms with Crippen LogP contribution < -0.4 is 14.8 Å². The van der Waals surface area contributed by atoms with Crippen LogP contribution in [-0.4, -0.2) is 24.4 Å². The van der Waals surface area contributed by atoms with Gasteiger partial charge in [-0.25, -0.2) is 0 Å². The summed E-state index contributed by atoms with van der Waals surface area (Å²) in [6.07, 6.45) is 0.536. The van der Waals surface area contributed by atoms with E-state index in [-0.39, 0.29) is 18.8 Å². The van der Waals surface area contributed by atoms with Crippen molar-refractivity contribution in [1.82, 2.24) is 5.32 Å². The lowest BCUT2D eigenvalue weighted by molar-refractivity contribution is -0.141. The van der Waals surface area contributed by atoms with Crippen molar-refractivity contribution >= 4 is 17.6 Å². The van der Waals surface area contributed by atoms with Gasteiger partial charge in [-0.1, -0.05) is 17.7 Å². The topological polar surface area (TPSA) is 67.8 Å². The highest BCUT2D eigenvalue weighted by Gasteiger charge is 2.32. The summed E-state index contributed by atoms with van der Waals surface area (Å²) in [6, 6.07) is 3.62. The molecule has 2 atom stereocenters. The molecule has 1 fully saturated rings. The molecule has 0 spiro atoms. The summed E-state index contributed by atoms with van der Waals surface area (Å²) in [5.74, 6) is 0.0460. The van der Waals surface area contributed by atoms with E-state index in [2.05, 4.69) is 5.32 Å². The second-order valence-electron chi connectivity index (χ2n) is 4.43. The van der Waals surface area contributed by atoms with E-state index in [4.69, 9.17) is 26.2 Å². The molecule has 0 amide bonds. The smallest absolute Gasteiger partial charge is 0.307 e. The average Bonchev–Trinajstić information content (AvgIpc) is 2.97. The first-order chi connectivity index (χ1) is 8.66. The van der Waals surface area contributed by atoms with Crippen molar-refractivity contribution in [1.29, 1.82) is 0 Å². The number of halogens is 1. The van der Waals surface area contributed by atoms with E-state index in [1.807, 2.05) is 6.07 Å². The molecule has 2 unspecified atom stereocenters. The van der Waals surface area contributed by atoms with Gasteiger partial charge in [-0.2, -0.15) is 0 Å². The minimum absolute atomic E-state index is 0.0481. The van der Waals surface area contributed by atoms with E-state index in [1.165, 1.54) is 0 Å². The third-order valence-electron chi connectivity index (χ3n) is 3.36. The Bertz CT molecular complexity index is 505. The van der Waals surface area contributed by atoms with Gasteiger partial charge in [0.15, 0.2) is 11.5 Å². The van der Waals surface area contributed by atoms with Crippen LogP contribution in [-0.2, 0) is 4.79 Å². The van der Waals surface area contributed by atoms with Gasteiger partial charge in [0.05, 0.1) is 10.9 Å². The molecule has 0 aliphatic carbocycles. The van der Waals surface area contributed by atoms with Gasteiger partial charge in [0.1, 0.15) is 0 Å². The lowest BCUT2D eigenvalue weighted by Gasteiger charge is -2.13. The molecule has 0 saturated carbocycles. The summed E-state index contributed by atoms with van der Waals surface area (Å²) in [6.45, 7) is 0.638. The van der Waals surface area contributed by atoms with Gasteiger partial charge in [-0.3, -0.25) is 4.79 Å². The Kier molecular flexibility index (Phi) is 2.80. The van der Waals surface area contributed by atoms with Crippen LogP contribution in [0.4, 0.5) is 0 Å². The van der Waals surface area contributed by atoms with Crippen molar-refractivity contribution in [2.75, 3.05) is 13.3 Å². The van der Waals surface area contributed by atoms with Crippen molar-refractivity contribution in [2.24, 2.45) is 5.92 Å². The molecule has 6 heteroatoms. The van der Waals surface area contributed by atoms with Crippen LogP contribution in [0.3, 0.4) is 0 Å². The molecular weight excluding hydrogens is 258 g/mol. The fraction of sp³-hybridized carbons (Fsp3) is 0.417. The number of rotatable bonds is 2. The first-order valence-corrected chi connectivity index (χ1v) is 6.09. The summed E-state index contributed by atoms with van der Waals surface area (Å²) < 4.78 is 10.5. The second kappa shape index (κ2) is 4.33. The zero-order valence-corrected chi connectivity index (χ0v) is 10.2. The van der Waals surface area contributed by atoms with Crippen LogP contribution in [0, 0.1) is 5.92 Å². The molecule has 1 aromatic rings. The summed E-state index contributed by atoms with van der Waals surface area (Å²) in [4.78, 5) is 10.9. The zero-order valence-electron chi connectivity index (χ0n) is 9.48. The Balaban J connectivity index is 1.88. The summed E-state index contributed by atoms with van der Waals surface area (Å²) in [5.41, 5.74) is 0.865. The maximum Gasteiger partial charge on any atom is 0.307 e. The number of aliphatic carboxylic acids is 1. The fourth-order valence-electron chi connectivity index (χ4n) is 2.38. The lowest BCUT2D eigenvalue weighted by atomic mass is 10.00. The molecule has 2 aliphatic heterocycles. The number of carbonyl (C=O) groups is 1. The number of benzene rings is 1. The quantitative estimate of drug-likeness (QED) is 0.857. The number of carboxylic acid groups (broad SMARTS) is 1. The van der Waals surface area contributed by atoms with Crippen LogP contribution in [0.5, 0.6) is 11.5 Å². The third kappa shape index (κ3) is 1.79. The maximum absolute atomic E-state index is 10.9. The minimum atomic E-state index is -0.776. The Hall–Kier alpha value is -1.46. The number of ether oxygens (including phenoxy) is 2. The Morgan fingerprint density at radius 3 is 3.00 bits per heavy atom. The molecule has 2 heterocycles.